The Morgan fingerprint density at radius 2 is 2.04 bits per heavy atom. The highest BCUT2D eigenvalue weighted by molar-refractivity contribution is 6.02. The Balaban J connectivity index is 1.99. The molecule has 1 atom stereocenters. The predicted molar refractivity (Wildman–Crippen MR) is 86.8 cm³/mol. The van der Waals surface area contributed by atoms with Gasteiger partial charge in [0.25, 0.3) is 11.5 Å². The van der Waals surface area contributed by atoms with Gasteiger partial charge in [-0.05, 0) is 17.9 Å². The highest BCUT2D eigenvalue weighted by Crippen LogP contribution is 2.33. The molecule has 2 heterocycles. The Morgan fingerprint density at radius 3 is 2.72 bits per heavy atom. The minimum atomic E-state index is -1.19. The molecule has 3 rings (SSSR count). The van der Waals surface area contributed by atoms with Gasteiger partial charge in [0, 0.05) is 24.2 Å². The van der Waals surface area contributed by atoms with Crippen molar-refractivity contribution < 1.29 is 24.2 Å². The number of amides is 1. The fourth-order valence-electron chi connectivity index (χ4n) is 3.39. The lowest BCUT2D eigenvalue weighted by Crippen LogP contribution is -2.53. The SMILES string of the molecule is CC1(C)CC(=O)c2cc(C(=O)N3CCOCC3C(=O)O)c(=O)[nH]c2C1. The van der Waals surface area contributed by atoms with Gasteiger partial charge in [0.05, 0.1) is 13.2 Å². The Labute approximate surface area is 143 Å². The first-order chi connectivity index (χ1) is 11.7. The number of aromatic amines is 1. The molecule has 0 bridgehead atoms. The molecule has 1 unspecified atom stereocenters. The number of ketones is 1. The molecule has 2 aliphatic rings. The minimum Gasteiger partial charge on any atom is -0.480 e. The van der Waals surface area contributed by atoms with Gasteiger partial charge in [-0.15, -0.1) is 0 Å². The summed E-state index contributed by atoms with van der Waals surface area (Å²) in [7, 11) is 0. The van der Waals surface area contributed by atoms with Crippen LogP contribution in [0.2, 0.25) is 0 Å². The Hall–Kier alpha value is -2.48. The van der Waals surface area contributed by atoms with E-state index in [9.17, 15) is 24.3 Å². The highest BCUT2D eigenvalue weighted by Gasteiger charge is 2.36. The maximum Gasteiger partial charge on any atom is 0.328 e. The molecule has 0 radical (unpaired) electrons. The number of carboxylic acids is 1. The number of hydrogen-bond donors (Lipinski definition) is 2. The summed E-state index contributed by atoms with van der Waals surface area (Å²) in [4.78, 5) is 52.6. The summed E-state index contributed by atoms with van der Waals surface area (Å²) < 4.78 is 5.11. The van der Waals surface area contributed by atoms with Crippen LogP contribution in [0.4, 0.5) is 0 Å². The first-order valence-corrected chi connectivity index (χ1v) is 8.10. The van der Waals surface area contributed by atoms with E-state index in [1.807, 2.05) is 13.8 Å². The fraction of sp³-hybridized carbons (Fsp3) is 0.529. The summed E-state index contributed by atoms with van der Waals surface area (Å²) in [6, 6.07) is 0.161. The van der Waals surface area contributed by atoms with Crippen molar-refractivity contribution in [2.75, 3.05) is 19.8 Å². The van der Waals surface area contributed by atoms with Crippen molar-refractivity contribution in [3.8, 4) is 0 Å². The van der Waals surface area contributed by atoms with Gasteiger partial charge in [-0.25, -0.2) is 4.79 Å². The van der Waals surface area contributed by atoms with E-state index in [1.165, 1.54) is 6.07 Å². The zero-order valence-corrected chi connectivity index (χ0v) is 14.1. The number of ether oxygens (including phenoxy) is 1. The van der Waals surface area contributed by atoms with E-state index in [1.54, 1.807) is 0 Å². The number of fused-ring (bicyclic) bond motifs is 1. The van der Waals surface area contributed by atoms with Crippen LogP contribution in [-0.4, -0.2) is 58.5 Å². The van der Waals surface area contributed by atoms with Gasteiger partial charge in [0.2, 0.25) is 0 Å². The quantitative estimate of drug-likeness (QED) is 0.802. The number of H-pyrrole nitrogens is 1. The summed E-state index contributed by atoms with van der Waals surface area (Å²) >= 11 is 0. The maximum atomic E-state index is 12.7. The number of Topliss-reactive ketones (excluding diaryl/α,β-unsaturated/α-hetero) is 1. The molecular formula is C17H20N2O6. The van der Waals surface area contributed by atoms with Crippen LogP contribution in [0.15, 0.2) is 10.9 Å². The van der Waals surface area contributed by atoms with Gasteiger partial charge in [-0.2, -0.15) is 0 Å². The fourth-order valence-corrected chi connectivity index (χ4v) is 3.39. The molecule has 1 amide bonds. The standard InChI is InChI=1S/C17H20N2O6/c1-17(2)6-11-9(13(20)7-17)5-10(14(21)18-11)15(22)19-3-4-25-8-12(19)16(23)24/h5,12H,3-4,6-8H2,1-2H3,(H,18,21)(H,23,24). The lowest BCUT2D eigenvalue weighted by molar-refractivity contribution is -0.147. The molecule has 1 aliphatic heterocycles. The van der Waals surface area contributed by atoms with E-state index >= 15 is 0 Å². The molecule has 2 N–H and O–H groups in total. The van der Waals surface area contributed by atoms with E-state index in [-0.39, 0.29) is 36.5 Å². The second-order valence-electron chi connectivity index (χ2n) is 7.27. The van der Waals surface area contributed by atoms with E-state index in [4.69, 9.17) is 4.74 Å². The number of nitrogens with one attached hydrogen (secondary N) is 1. The number of pyridine rings is 1. The summed E-state index contributed by atoms with van der Waals surface area (Å²) in [5.74, 6) is -2.02. The number of aliphatic carboxylic acids is 1. The number of carbonyl (C=O) groups excluding carboxylic acids is 2. The van der Waals surface area contributed by atoms with Gasteiger partial charge in [-0.3, -0.25) is 14.4 Å². The van der Waals surface area contributed by atoms with Gasteiger partial charge >= 0.3 is 5.97 Å². The second-order valence-corrected chi connectivity index (χ2v) is 7.27. The van der Waals surface area contributed by atoms with Gasteiger partial charge in [0.15, 0.2) is 11.8 Å². The van der Waals surface area contributed by atoms with E-state index in [0.29, 0.717) is 24.1 Å². The lowest BCUT2D eigenvalue weighted by Gasteiger charge is -2.33. The van der Waals surface area contributed by atoms with Crippen molar-refractivity contribution in [3.63, 3.8) is 0 Å². The molecule has 1 fully saturated rings. The number of morpholine rings is 1. The monoisotopic (exact) mass is 348 g/mol. The Bertz CT molecular complexity index is 810. The summed E-state index contributed by atoms with van der Waals surface area (Å²) in [6.45, 7) is 4.03. The number of hydrogen-bond acceptors (Lipinski definition) is 5. The molecular weight excluding hydrogens is 328 g/mol. The molecule has 1 aromatic rings. The van der Waals surface area contributed by atoms with Crippen LogP contribution in [0.3, 0.4) is 0 Å². The van der Waals surface area contributed by atoms with E-state index < -0.39 is 23.5 Å². The molecule has 0 aromatic carbocycles. The maximum absolute atomic E-state index is 12.7. The predicted octanol–water partition coefficient (Wildman–Crippen LogP) is 0.456. The highest BCUT2D eigenvalue weighted by atomic mass is 16.5. The zero-order valence-electron chi connectivity index (χ0n) is 14.1. The van der Waals surface area contributed by atoms with Gasteiger partial charge < -0.3 is 19.7 Å². The third-order valence-electron chi connectivity index (χ3n) is 4.62. The molecule has 1 saturated heterocycles. The van der Waals surface area contributed by atoms with Crippen molar-refractivity contribution in [2.45, 2.75) is 32.7 Å². The van der Waals surface area contributed by atoms with Crippen molar-refractivity contribution >= 4 is 17.7 Å². The molecule has 8 nitrogen and oxygen atoms in total. The minimum absolute atomic E-state index is 0.0767. The summed E-state index contributed by atoms with van der Waals surface area (Å²) in [6.07, 6.45) is 0.863. The van der Waals surface area contributed by atoms with Crippen LogP contribution in [-0.2, 0) is 16.0 Å². The van der Waals surface area contributed by atoms with Gasteiger partial charge in [0.1, 0.15) is 5.56 Å². The van der Waals surface area contributed by atoms with Crippen LogP contribution >= 0.6 is 0 Å². The van der Waals surface area contributed by atoms with Crippen molar-refractivity contribution in [3.05, 3.63) is 33.2 Å². The van der Waals surface area contributed by atoms with Crippen LogP contribution in [0.25, 0.3) is 0 Å². The van der Waals surface area contributed by atoms with E-state index in [2.05, 4.69) is 4.98 Å². The molecule has 1 aliphatic carbocycles. The molecule has 0 spiro atoms. The van der Waals surface area contributed by atoms with Crippen molar-refractivity contribution in [2.24, 2.45) is 5.41 Å². The van der Waals surface area contributed by atoms with E-state index in [0.717, 1.165) is 4.90 Å². The van der Waals surface area contributed by atoms with Crippen LogP contribution in [0, 0.1) is 5.41 Å². The Kier molecular flexibility index (Phi) is 4.24. The average Bonchev–Trinajstić information content (AvgIpc) is 2.52. The third kappa shape index (κ3) is 3.21. The number of rotatable bonds is 2. The first kappa shape index (κ1) is 17.3. The smallest absolute Gasteiger partial charge is 0.328 e. The first-order valence-electron chi connectivity index (χ1n) is 8.10. The van der Waals surface area contributed by atoms with Crippen LogP contribution in [0.1, 0.15) is 46.7 Å². The van der Waals surface area contributed by atoms with Crippen molar-refractivity contribution in [1.82, 2.24) is 9.88 Å². The molecule has 8 heteroatoms. The largest absolute Gasteiger partial charge is 0.480 e. The summed E-state index contributed by atoms with van der Waals surface area (Å²) in [5.41, 5.74) is -0.205. The molecule has 134 valence electrons. The normalized spacial score (nSPS) is 22.4. The molecule has 0 saturated carbocycles. The molecule has 25 heavy (non-hydrogen) atoms. The second kappa shape index (κ2) is 6.11. The third-order valence-corrected chi connectivity index (χ3v) is 4.62. The Morgan fingerprint density at radius 1 is 1.32 bits per heavy atom. The molecule has 1 aromatic heterocycles. The zero-order chi connectivity index (χ0) is 18.4. The lowest BCUT2D eigenvalue weighted by atomic mass is 9.75. The number of aromatic nitrogens is 1. The van der Waals surface area contributed by atoms with Gasteiger partial charge in [-0.1, -0.05) is 13.8 Å². The van der Waals surface area contributed by atoms with Crippen molar-refractivity contribution in [1.29, 1.82) is 0 Å². The average molecular weight is 348 g/mol. The number of carbonyl (C=O) groups is 3. The number of nitrogens with zero attached hydrogens (tertiary/aromatic N) is 1. The topological polar surface area (TPSA) is 117 Å². The van der Waals surface area contributed by atoms with Crippen LogP contribution < -0.4 is 5.56 Å². The number of carboxylic acid groups (broad SMARTS) is 1. The van der Waals surface area contributed by atoms with Crippen LogP contribution in [0.5, 0.6) is 0 Å². The summed E-state index contributed by atoms with van der Waals surface area (Å²) in [5, 5.41) is 9.25.